The lowest BCUT2D eigenvalue weighted by molar-refractivity contribution is -0.122. The molecule has 0 saturated heterocycles. The second-order valence-electron chi connectivity index (χ2n) is 9.81. The fourth-order valence-corrected chi connectivity index (χ4v) is 5.00. The van der Waals surface area contributed by atoms with E-state index in [2.05, 4.69) is 22.3 Å². The second-order valence-corrected chi connectivity index (χ2v) is 9.81. The smallest absolute Gasteiger partial charge is 0.220 e. The monoisotopic (exact) mass is 427 g/mol. The number of fused-ring (bicyclic) bond motifs is 1. The summed E-state index contributed by atoms with van der Waals surface area (Å²) in [6, 6.07) is 6.70. The van der Waals surface area contributed by atoms with E-state index in [9.17, 15) is 9.59 Å². The molecule has 1 aliphatic carbocycles. The zero-order valence-electron chi connectivity index (χ0n) is 19.5. The molecule has 0 radical (unpaired) electrons. The molecule has 0 atom stereocenters. The summed E-state index contributed by atoms with van der Waals surface area (Å²) >= 11 is 0. The molecule has 1 heterocycles. The van der Waals surface area contributed by atoms with E-state index in [0.717, 1.165) is 63.2 Å². The highest BCUT2D eigenvalue weighted by Gasteiger charge is 2.23. The number of nitrogens with one attached hydrogen (secondary N) is 1. The lowest BCUT2D eigenvalue weighted by atomic mass is 9.84. The molecule has 3 N–H and O–H groups in total. The van der Waals surface area contributed by atoms with Crippen molar-refractivity contribution >= 4 is 11.7 Å². The van der Waals surface area contributed by atoms with Crippen LogP contribution >= 0.6 is 0 Å². The van der Waals surface area contributed by atoms with E-state index in [1.807, 2.05) is 19.9 Å². The SMILES string of the molecule is CC(C)C(=O)c1ccc2c(c1)CCN(CC[C@H]1CC[C@H](NC(=O)CCCN)CC1)CC2. The number of rotatable bonds is 9. The van der Waals surface area contributed by atoms with Crippen molar-refractivity contribution in [3.63, 3.8) is 0 Å². The molecular formula is C26H41N3O2. The van der Waals surface area contributed by atoms with Crippen LogP contribution in [0, 0.1) is 11.8 Å². The molecule has 0 aromatic heterocycles. The van der Waals surface area contributed by atoms with E-state index in [-0.39, 0.29) is 17.6 Å². The van der Waals surface area contributed by atoms with Crippen LogP contribution in [-0.4, -0.2) is 48.8 Å². The molecule has 0 unspecified atom stereocenters. The van der Waals surface area contributed by atoms with Crippen LogP contribution < -0.4 is 11.1 Å². The fourth-order valence-electron chi connectivity index (χ4n) is 5.00. The number of carbonyl (C=O) groups is 2. The molecular weight excluding hydrogens is 386 g/mol. The first-order chi connectivity index (χ1) is 15.0. The molecule has 1 saturated carbocycles. The van der Waals surface area contributed by atoms with E-state index in [4.69, 9.17) is 5.73 Å². The molecule has 172 valence electrons. The van der Waals surface area contributed by atoms with Crippen molar-refractivity contribution in [1.29, 1.82) is 0 Å². The molecule has 1 aliphatic heterocycles. The van der Waals surface area contributed by atoms with Crippen LogP contribution in [0.3, 0.4) is 0 Å². The molecule has 1 aromatic carbocycles. The summed E-state index contributed by atoms with van der Waals surface area (Å²) in [5.41, 5.74) is 9.13. The predicted molar refractivity (Wildman–Crippen MR) is 126 cm³/mol. The fraction of sp³-hybridized carbons (Fsp3) is 0.692. The van der Waals surface area contributed by atoms with Crippen molar-refractivity contribution in [3.05, 3.63) is 34.9 Å². The Morgan fingerprint density at radius 1 is 1.10 bits per heavy atom. The van der Waals surface area contributed by atoms with Gasteiger partial charge in [-0.05, 0) is 87.6 Å². The van der Waals surface area contributed by atoms with Crippen LogP contribution in [0.5, 0.6) is 0 Å². The van der Waals surface area contributed by atoms with Crippen LogP contribution in [-0.2, 0) is 17.6 Å². The topological polar surface area (TPSA) is 75.4 Å². The van der Waals surface area contributed by atoms with Crippen molar-refractivity contribution in [3.8, 4) is 0 Å². The van der Waals surface area contributed by atoms with Crippen molar-refractivity contribution in [2.75, 3.05) is 26.2 Å². The Morgan fingerprint density at radius 2 is 1.81 bits per heavy atom. The minimum absolute atomic E-state index is 0.0506. The maximum atomic E-state index is 12.3. The molecule has 0 bridgehead atoms. The summed E-state index contributed by atoms with van der Waals surface area (Å²) in [4.78, 5) is 26.9. The van der Waals surface area contributed by atoms with Crippen LogP contribution in [0.4, 0.5) is 0 Å². The molecule has 5 nitrogen and oxygen atoms in total. The minimum atomic E-state index is 0.0506. The summed E-state index contributed by atoms with van der Waals surface area (Å²) in [5.74, 6) is 1.24. The first kappa shape index (κ1) is 23.9. The van der Waals surface area contributed by atoms with Gasteiger partial charge in [0.2, 0.25) is 5.91 Å². The van der Waals surface area contributed by atoms with Crippen molar-refractivity contribution in [2.24, 2.45) is 17.6 Å². The molecule has 2 aliphatic rings. The van der Waals surface area contributed by atoms with Gasteiger partial charge in [-0.2, -0.15) is 0 Å². The first-order valence-electron chi connectivity index (χ1n) is 12.3. The number of Topliss-reactive ketones (excluding diaryl/α,β-unsaturated/α-hetero) is 1. The standard InChI is InChI=1S/C26H41N3O2/c1-19(2)26(31)23-8-7-21-12-16-29(17-13-22(21)18-23)15-11-20-5-9-24(10-6-20)28-25(30)4-3-14-27/h7-8,18-20,24H,3-6,9-17,27H2,1-2H3,(H,28,30)/t20-,24-. The van der Waals surface area contributed by atoms with Crippen molar-refractivity contribution < 1.29 is 9.59 Å². The maximum Gasteiger partial charge on any atom is 0.220 e. The third-order valence-electron chi connectivity index (χ3n) is 7.08. The van der Waals surface area contributed by atoms with Gasteiger partial charge in [0.1, 0.15) is 0 Å². The van der Waals surface area contributed by atoms with Gasteiger partial charge >= 0.3 is 0 Å². The lowest BCUT2D eigenvalue weighted by Crippen LogP contribution is -2.38. The molecule has 1 aromatic rings. The quantitative estimate of drug-likeness (QED) is 0.589. The van der Waals surface area contributed by atoms with Crippen molar-refractivity contribution in [2.45, 2.75) is 77.7 Å². The predicted octanol–water partition coefficient (Wildman–Crippen LogP) is 3.73. The number of nitrogens with zero attached hydrogens (tertiary/aromatic N) is 1. The highest BCUT2D eigenvalue weighted by Crippen LogP contribution is 2.28. The molecule has 5 heteroatoms. The van der Waals surface area contributed by atoms with E-state index >= 15 is 0 Å². The Labute approximate surface area is 188 Å². The van der Waals surface area contributed by atoms with Gasteiger partial charge in [-0.15, -0.1) is 0 Å². The average molecular weight is 428 g/mol. The maximum absolute atomic E-state index is 12.3. The van der Waals surface area contributed by atoms with Gasteiger partial charge in [-0.25, -0.2) is 0 Å². The first-order valence-corrected chi connectivity index (χ1v) is 12.3. The number of amides is 1. The van der Waals surface area contributed by atoms with Gasteiger partial charge in [0, 0.05) is 37.0 Å². The Morgan fingerprint density at radius 3 is 2.48 bits per heavy atom. The molecule has 31 heavy (non-hydrogen) atoms. The largest absolute Gasteiger partial charge is 0.353 e. The van der Waals surface area contributed by atoms with E-state index < -0.39 is 0 Å². The third kappa shape index (κ3) is 7.15. The average Bonchev–Trinajstić information content (AvgIpc) is 2.98. The zero-order chi connectivity index (χ0) is 22.2. The van der Waals surface area contributed by atoms with E-state index in [1.54, 1.807) is 0 Å². The Balaban J connectivity index is 1.40. The molecule has 0 spiro atoms. The number of ketones is 1. The van der Waals surface area contributed by atoms with E-state index in [0.29, 0.717) is 19.0 Å². The van der Waals surface area contributed by atoms with E-state index in [1.165, 1.54) is 30.4 Å². The van der Waals surface area contributed by atoms with Gasteiger partial charge in [-0.1, -0.05) is 26.0 Å². The summed E-state index contributed by atoms with van der Waals surface area (Å²) in [6.07, 6.45) is 9.35. The number of hydrogen-bond donors (Lipinski definition) is 2. The van der Waals surface area contributed by atoms with Gasteiger partial charge in [0.15, 0.2) is 5.78 Å². The Kier molecular flexibility index (Phi) is 9.09. The number of nitrogens with two attached hydrogens (primary N) is 1. The summed E-state index contributed by atoms with van der Waals surface area (Å²) < 4.78 is 0. The Bertz CT molecular complexity index is 738. The van der Waals surface area contributed by atoms with Crippen LogP contribution in [0.1, 0.15) is 80.3 Å². The van der Waals surface area contributed by atoms with Crippen LogP contribution in [0.15, 0.2) is 18.2 Å². The summed E-state index contributed by atoms with van der Waals surface area (Å²) in [7, 11) is 0. The molecule has 1 amide bonds. The van der Waals surface area contributed by atoms with Gasteiger partial charge in [0.25, 0.3) is 0 Å². The van der Waals surface area contributed by atoms with Crippen molar-refractivity contribution in [1.82, 2.24) is 10.2 Å². The van der Waals surface area contributed by atoms with Gasteiger partial charge in [0.05, 0.1) is 0 Å². The highest BCUT2D eigenvalue weighted by atomic mass is 16.1. The number of benzene rings is 1. The van der Waals surface area contributed by atoms with Gasteiger partial charge < -0.3 is 16.0 Å². The normalized spacial score (nSPS) is 22.1. The van der Waals surface area contributed by atoms with Crippen LogP contribution in [0.25, 0.3) is 0 Å². The third-order valence-corrected chi connectivity index (χ3v) is 7.08. The van der Waals surface area contributed by atoms with Crippen LogP contribution in [0.2, 0.25) is 0 Å². The summed E-state index contributed by atoms with van der Waals surface area (Å²) in [6.45, 7) is 7.87. The van der Waals surface area contributed by atoms with Gasteiger partial charge in [-0.3, -0.25) is 9.59 Å². The minimum Gasteiger partial charge on any atom is -0.353 e. The number of carbonyl (C=O) groups excluding carboxylic acids is 2. The molecule has 3 rings (SSSR count). The molecule has 1 fully saturated rings. The Hall–Kier alpha value is -1.72. The lowest BCUT2D eigenvalue weighted by Gasteiger charge is -2.30. The zero-order valence-corrected chi connectivity index (χ0v) is 19.5. The number of hydrogen-bond acceptors (Lipinski definition) is 4. The second kappa shape index (κ2) is 11.8. The summed E-state index contributed by atoms with van der Waals surface area (Å²) in [5, 5.41) is 3.19. The highest BCUT2D eigenvalue weighted by molar-refractivity contribution is 5.97.